The van der Waals surface area contributed by atoms with Gasteiger partial charge in [0.05, 0.1) is 13.2 Å². The first kappa shape index (κ1) is 21.8. The van der Waals surface area contributed by atoms with Gasteiger partial charge in [-0.2, -0.15) is 0 Å². The maximum absolute atomic E-state index is 10.2. The van der Waals surface area contributed by atoms with Crippen molar-refractivity contribution in [2.24, 2.45) is 10.8 Å². The second kappa shape index (κ2) is 8.40. The molecule has 7 heteroatoms. The average Bonchev–Trinajstić information content (AvgIpc) is 2.40. The molecule has 24 heavy (non-hydrogen) atoms. The summed E-state index contributed by atoms with van der Waals surface area (Å²) in [6.07, 6.45) is -5.91. The monoisotopic (exact) mass is 350 g/mol. The first-order valence-electron chi connectivity index (χ1n) is 8.44. The van der Waals surface area contributed by atoms with Crippen molar-refractivity contribution in [2.45, 2.75) is 85.0 Å². The molecule has 0 saturated carbocycles. The van der Waals surface area contributed by atoms with E-state index in [1.165, 1.54) is 6.92 Å². The molecule has 0 spiro atoms. The van der Waals surface area contributed by atoms with Crippen molar-refractivity contribution < 1.29 is 34.6 Å². The topological polar surface area (TPSA) is 109 Å². The summed E-state index contributed by atoms with van der Waals surface area (Å²) < 4.78 is 16.4. The average molecular weight is 350 g/mol. The minimum Gasteiger partial charge on any atom is -0.394 e. The van der Waals surface area contributed by atoms with E-state index < -0.39 is 43.6 Å². The Balaban J connectivity index is 2.70. The summed E-state index contributed by atoms with van der Waals surface area (Å²) >= 11 is 0. The Morgan fingerprint density at radius 1 is 1.08 bits per heavy atom. The maximum atomic E-state index is 10.2. The van der Waals surface area contributed by atoms with Gasteiger partial charge in [-0.25, -0.2) is 0 Å². The molecule has 1 fully saturated rings. The molecule has 0 aromatic heterocycles. The Hall–Kier alpha value is -0.280. The fraction of sp³-hybridized carbons (Fsp3) is 1.00. The highest BCUT2D eigenvalue weighted by Crippen LogP contribution is 2.34. The van der Waals surface area contributed by atoms with E-state index in [4.69, 9.17) is 14.2 Å². The van der Waals surface area contributed by atoms with Crippen LogP contribution in [0.2, 0.25) is 0 Å². The van der Waals surface area contributed by atoms with Gasteiger partial charge in [0, 0.05) is 0 Å². The van der Waals surface area contributed by atoms with Crippen molar-refractivity contribution in [2.75, 3.05) is 13.2 Å². The van der Waals surface area contributed by atoms with Crippen LogP contribution in [-0.4, -0.2) is 70.6 Å². The quantitative estimate of drug-likeness (QED) is 0.499. The third-order valence-corrected chi connectivity index (χ3v) is 3.82. The minimum absolute atomic E-state index is 0.127. The fourth-order valence-electron chi connectivity index (χ4n) is 3.38. The van der Waals surface area contributed by atoms with E-state index in [1.807, 2.05) is 0 Å². The first-order valence-corrected chi connectivity index (χ1v) is 8.44. The predicted octanol–water partition coefficient (Wildman–Crippen LogP) is 0.628. The zero-order valence-electron chi connectivity index (χ0n) is 15.6. The van der Waals surface area contributed by atoms with Crippen LogP contribution in [0.15, 0.2) is 0 Å². The van der Waals surface area contributed by atoms with E-state index in [0.717, 1.165) is 6.42 Å². The van der Waals surface area contributed by atoms with Gasteiger partial charge >= 0.3 is 0 Å². The molecule has 0 radical (unpaired) electrons. The maximum Gasteiger partial charge on any atom is 0.186 e. The standard InChI is InChI=1S/C17H34O7/c1-10(19)23-14-11(7-18)24-15(13(21)12(14)20)22-9-17(5,6)8-16(2,3)4/h10-15,18-21H,7-9H2,1-6H3. The van der Waals surface area contributed by atoms with Crippen LogP contribution in [0, 0.1) is 10.8 Å². The molecule has 6 unspecified atom stereocenters. The lowest BCUT2D eigenvalue weighted by Crippen LogP contribution is -2.60. The van der Waals surface area contributed by atoms with Gasteiger partial charge in [0.15, 0.2) is 12.6 Å². The second-order valence-corrected chi connectivity index (χ2v) is 8.62. The van der Waals surface area contributed by atoms with Crippen LogP contribution in [0.3, 0.4) is 0 Å². The lowest BCUT2D eigenvalue weighted by molar-refractivity contribution is -0.325. The van der Waals surface area contributed by atoms with E-state index >= 15 is 0 Å². The van der Waals surface area contributed by atoms with E-state index in [9.17, 15) is 20.4 Å². The molecule has 1 rings (SSSR count). The molecule has 0 aliphatic carbocycles. The van der Waals surface area contributed by atoms with Crippen molar-refractivity contribution in [3.63, 3.8) is 0 Å². The highest BCUT2D eigenvalue weighted by molar-refractivity contribution is 4.90. The first-order chi connectivity index (χ1) is 10.9. The van der Waals surface area contributed by atoms with Gasteiger partial charge in [-0.15, -0.1) is 0 Å². The van der Waals surface area contributed by atoms with Gasteiger partial charge in [0.25, 0.3) is 0 Å². The number of aliphatic hydroxyl groups is 4. The van der Waals surface area contributed by atoms with Crippen LogP contribution in [0.4, 0.5) is 0 Å². The number of hydrogen-bond acceptors (Lipinski definition) is 7. The van der Waals surface area contributed by atoms with Gasteiger partial charge in [-0.3, -0.25) is 0 Å². The molecule has 0 amide bonds. The molecule has 7 nitrogen and oxygen atoms in total. The van der Waals surface area contributed by atoms with Crippen LogP contribution in [0.1, 0.15) is 48.0 Å². The minimum atomic E-state index is -1.33. The van der Waals surface area contributed by atoms with Gasteiger partial charge in [-0.1, -0.05) is 34.6 Å². The van der Waals surface area contributed by atoms with Gasteiger partial charge < -0.3 is 34.6 Å². The molecule has 1 saturated heterocycles. The summed E-state index contributed by atoms with van der Waals surface area (Å²) in [4.78, 5) is 0. The van der Waals surface area contributed by atoms with E-state index in [2.05, 4.69) is 34.6 Å². The van der Waals surface area contributed by atoms with Crippen molar-refractivity contribution in [3.05, 3.63) is 0 Å². The van der Waals surface area contributed by atoms with E-state index in [0.29, 0.717) is 6.61 Å². The highest BCUT2D eigenvalue weighted by atomic mass is 16.7. The summed E-state index contributed by atoms with van der Waals surface area (Å²) in [5.74, 6) is 0. The Kier molecular flexibility index (Phi) is 7.62. The molecule has 1 aliphatic heterocycles. The zero-order valence-corrected chi connectivity index (χ0v) is 15.6. The van der Waals surface area contributed by atoms with E-state index in [-0.39, 0.29) is 10.8 Å². The summed E-state index contributed by atoms with van der Waals surface area (Å²) in [6, 6.07) is 0. The van der Waals surface area contributed by atoms with Crippen molar-refractivity contribution in [1.82, 2.24) is 0 Å². The number of rotatable bonds is 7. The third-order valence-electron chi connectivity index (χ3n) is 3.82. The molecule has 0 aromatic carbocycles. The number of ether oxygens (including phenoxy) is 3. The lowest BCUT2D eigenvalue weighted by Gasteiger charge is -2.43. The molecule has 0 aromatic rings. The molecule has 0 bridgehead atoms. The summed E-state index contributed by atoms with van der Waals surface area (Å²) in [7, 11) is 0. The molecule has 4 N–H and O–H groups in total. The lowest BCUT2D eigenvalue weighted by atomic mass is 9.77. The Morgan fingerprint density at radius 2 is 1.67 bits per heavy atom. The number of aliphatic hydroxyl groups excluding tert-OH is 4. The molecular weight excluding hydrogens is 316 g/mol. The van der Waals surface area contributed by atoms with Crippen molar-refractivity contribution in [1.29, 1.82) is 0 Å². The third kappa shape index (κ3) is 6.55. The summed E-state index contributed by atoms with van der Waals surface area (Å²) in [6.45, 7) is 11.8. The van der Waals surface area contributed by atoms with Crippen LogP contribution in [0.25, 0.3) is 0 Å². The molecular formula is C17H34O7. The van der Waals surface area contributed by atoms with Crippen molar-refractivity contribution in [3.8, 4) is 0 Å². The molecule has 6 atom stereocenters. The van der Waals surface area contributed by atoms with Crippen LogP contribution >= 0.6 is 0 Å². The zero-order chi connectivity index (χ0) is 18.7. The van der Waals surface area contributed by atoms with Gasteiger partial charge in [-0.05, 0) is 24.2 Å². The molecule has 144 valence electrons. The summed E-state index contributed by atoms with van der Waals surface area (Å²) in [5, 5.41) is 39.2. The Morgan fingerprint density at radius 3 is 2.12 bits per heavy atom. The normalized spacial score (nSPS) is 33.5. The second-order valence-electron chi connectivity index (χ2n) is 8.62. The smallest absolute Gasteiger partial charge is 0.186 e. The number of hydrogen-bond donors (Lipinski definition) is 4. The largest absolute Gasteiger partial charge is 0.394 e. The van der Waals surface area contributed by atoms with Crippen molar-refractivity contribution >= 4 is 0 Å². The van der Waals surface area contributed by atoms with Crippen LogP contribution in [-0.2, 0) is 14.2 Å². The highest BCUT2D eigenvalue weighted by Gasteiger charge is 2.46. The van der Waals surface area contributed by atoms with Gasteiger partial charge in [0.1, 0.15) is 24.4 Å². The fourth-order valence-corrected chi connectivity index (χ4v) is 3.38. The van der Waals surface area contributed by atoms with Crippen LogP contribution in [0.5, 0.6) is 0 Å². The van der Waals surface area contributed by atoms with Gasteiger partial charge in [0.2, 0.25) is 0 Å². The summed E-state index contributed by atoms with van der Waals surface area (Å²) in [5.41, 5.74) is -0.0177. The Labute approximate surface area is 144 Å². The predicted molar refractivity (Wildman–Crippen MR) is 88.1 cm³/mol. The molecule has 1 heterocycles. The van der Waals surface area contributed by atoms with E-state index in [1.54, 1.807) is 0 Å². The van der Waals surface area contributed by atoms with Crippen LogP contribution < -0.4 is 0 Å². The SMILES string of the molecule is CC(O)OC1C(CO)OC(OCC(C)(C)CC(C)(C)C)C(O)C1O. The molecule has 1 aliphatic rings. The Bertz CT molecular complexity index is 376.